The van der Waals surface area contributed by atoms with Crippen LogP contribution >= 0.6 is 57.8 Å². The van der Waals surface area contributed by atoms with Gasteiger partial charge < -0.3 is 17.3 Å². The summed E-state index contributed by atoms with van der Waals surface area (Å²) in [7, 11) is 3.97. The van der Waals surface area contributed by atoms with Crippen molar-refractivity contribution in [3.8, 4) is 0 Å². The van der Waals surface area contributed by atoms with E-state index >= 15 is 0 Å². The van der Waals surface area contributed by atoms with E-state index in [1.165, 1.54) is 34.4 Å². The molecule has 2 aliphatic heterocycles. The maximum atomic E-state index is 13.4. The third-order valence-electron chi connectivity index (χ3n) is 5.74. The van der Waals surface area contributed by atoms with E-state index in [1.807, 2.05) is 50.7 Å². The summed E-state index contributed by atoms with van der Waals surface area (Å²) in [5.41, 5.74) is 1.01. The zero-order valence-electron chi connectivity index (χ0n) is 19.5. The van der Waals surface area contributed by atoms with Gasteiger partial charge in [-0.3, -0.25) is 19.1 Å². The lowest BCUT2D eigenvalue weighted by atomic mass is 10.3. The minimum atomic E-state index is -0.106. The van der Waals surface area contributed by atoms with E-state index in [2.05, 4.69) is 4.90 Å². The molecule has 13 heteroatoms. The number of aromatic nitrogens is 2. The van der Waals surface area contributed by atoms with Gasteiger partial charge in [0, 0.05) is 37.5 Å². The number of halogens is 2. The predicted molar refractivity (Wildman–Crippen MR) is 145 cm³/mol. The van der Waals surface area contributed by atoms with Gasteiger partial charge in [0.2, 0.25) is 0 Å². The largest absolute Gasteiger partial charge is 1.00 e. The standard InChI is InChI=1S/C22H23ClN5O2S4.ClH/c1-5-27-17(29)15(19-25(3)9-10-31-19)33-20(27)16-18(30)28(6-2)22(34-16)24-21-26(4)13-8-7-12(23)11-14(13)32-21;/h7-8,11H,5-6,9-10H2,1-4H3;1H/q+1;/p-1/b19-15+,20-16-;. The van der Waals surface area contributed by atoms with Crippen molar-refractivity contribution in [1.29, 1.82) is 0 Å². The number of rotatable bonds is 3. The molecule has 2 aliphatic rings. The van der Waals surface area contributed by atoms with E-state index in [9.17, 15) is 9.59 Å². The summed E-state index contributed by atoms with van der Waals surface area (Å²) >= 11 is 12.2. The molecule has 0 atom stereocenters. The number of carbonyl (C=O) groups is 1. The van der Waals surface area contributed by atoms with Crippen molar-refractivity contribution in [1.82, 2.24) is 14.4 Å². The summed E-state index contributed by atoms with van der Waals surface area (Å²) in [5.74, 6) is 0.859. The van der Waals surface area contributed by atoms with Crippen molar-refractivity contribution in [3.05, 3.63) is 42.8 Å². The number of amides is 1. The lowest BCUT2D eigenvalue weighted by Gasteiger charge is -2.08. The molecule has 0 bridgehead atoms. The van der Waals surface area contributed by atoms with Crippen molar-refractivity contribution in [2.45, 2.75) is 20.4 Å². The Kier molecular flexibility index (Phi) is 7.94. The average Bonchev–Trinajstić information content (AvgIpc) is 3.53. The van der Waals surface area contributed by atoms with Crippen LogP contribution < -0.4 is 31.7 Å². The molecule has 2 aromatic heterocycles. The summed E-state index contributed by atoms with van der Waals surface area (Å²) in [6.07, 6.45) is 0. The Morgan fingerprint density at radius 3 is 2.60 bits per heavy atom. The second-order valence-electron chi connectivity index (χ2n) is 7.79. The van der Waals surface area contributed by atoms with Crippen LogP contribution in [0, 0.1) is 0 Å². The Balaban J connectivity index is 0.00000289. The number of thioether (sulfide) groups is 2. The second kappa shape index (κ2) is 10.5. The van der Waals surface area contributed by atoms with E-state index in [-0.39, 0.29) is 23.9 Å². The number of hydrogen-bond acceptors (Lipinski definition) is 8. The molecule has 186 valence electrons. The summed E-state index contributed by atoms with van der Waals surface area (Å²) < 4.78 is 6.19. The van der Waals surface area contributed by atoms with E-state index in [0.717, 1.165) is 32.7 Å². The van der Waals surface area contributed by atoms with Gasteiger partial charge in [-0.2, -0.15) is 0 Å². The molecule has 0 aliphatic carbocycles. The maximum absolute atomic E-state index is 13.4. The third-order valence-corrected chi connectivity index (χ3v) is 10.8. The normalized spacial score (nSPS) is 20.5. The molecule has 1 aromatic carbocycles. The molecule has 2 saturated heterocycles. The Morgan fingerprint density at radius 1 is 1.17 bits per heavy atom. The fourth-order valence-corrected chi connectivity index (χ4v) is 9.09. The highest BCUT2D eigenvalue weighted by Gasteiger charge is 2.38. The number of hydrogen-bond donors (Lipinski definition) is 0. The first-order valence-corrected chi connectivity index (χ1v) is 14.6. The number of amidine groups is 1. The molecule has 7 nitrogen and oxygen atoms in total. The van der Waals surface area contributed by atoms with Crippen molar-refractivity contribution >= 4 is 94.2 Å². The average molecular weight is 589 g/mol. The van der Waals surface area contributed by atoms with Gasteiger partial charge in [-0.25, -0.2) is 4.57 Å². The van der Waals surface area contributed by atoms with Crippen LogP contribution in [0.15, 0.2) is 28.0 Å². The van der Waals surface area contributed by atoms with Crippen molar-refractivity contribution in [3.63, 3.8) is 0 Å². The van der Waals surface area contributed by atoms with Gasteiger partial charge >= 0.3 is 5.13 Å². The Morgan fingerprint density at radius 2 is 1.94 bits per heavy atom. The molecule has 4 heterocycles. The smallest absolute Gasteiger partial charge is 0.385 e. The van der Waals surface area contributed by atoms with Gasteiger partial charge in [-0.15, -0.1) is 23.1 Å². The quantitative estimate of drug-likeness (QED) is 0.396. The van der Waals surface area contributed by atoms with Crippen molar-refractivity contribution in [2.24, 2.45) is 12.0 Å². The van der Waals surface area contributed by atoms with Crippen LogP contribution in [0.1, 0.15) is 13.8 Å². The molecule has 0 unspecified atom stereocenters. The minimum absolute atomic E-state index is 0. The monoisotopic (exact) mass is 587 g/mol. The molecule has 0 radical (unpaired) electrons. The molecule has 0 saturated carbocycles. The molecule has 35 heavy (non-hydrogen) atoms. The van der Waals surface area contributed by atoms with E-state index in [1.54, 1.807) is 21.2 Å². The van der Waals surface area contributed by atoms with Crippen LogP contribution in [0.5, 0.6) is 0 Å². The molecule has 0 spiro atoms. The first kappa shape index (κ1) is 26.6. The van der Waals surface area contributed by atoms with E-state index in [0.29, 0.717) is 37.4 Å². The predicted octanol–water partition coefficient (Wildman–Crippen LogP) is -0.238. The fourth-order valence-electron chi connectivity index (χ4n) is 3.92. The molecule has 0 N–H and O–H groups in total. The number of aryl methyl sites for hydroxylation is 1. The molecule has 3 aromatic rings. The van der Waals surface area contributed by atoms with Gasteiger partial charge in [0.15, 0.2) is 0 Å². The van der Waals surface area contributed by atoms with E-state index < -0.39 is 0 Å². The molecule has 1 amide bonds. The summed E-state index contributed by atoms with van der Waals surface area (Å²) in [4.78, 5) is 35.9. The SMILES string of the molecule is CCN1C(=O)/C(=c2/s/c(=C3/SCCN3C)c(=O)n2CC)S/C1=N/c1sc2cc(Cl)ccc2[n+]1C.[Cl-]. The zero-order chi connectivity index (χ0) is 24.1. The van der Waals surface area contributed by atoms with Gasteiger partial charge in [-0.1, -0.05) is 11.6 Å². The molecular formula is C22H23Cl2N5O2S4. The molecule has 2 fully saturated rings. The van der Waals surface area contributed by atoms with Crippen LogP contribution in [0.4, 0.5) is 5.13 Å². The highest BCUT2D eigenvalue weighted by atomic mass is 35.5. The number of benzene rings is 1. The number of nitrogens with zero attached hydrogens (tertiary/aromatic N) is 5. The summed E-state index contributed by atoms with van der Waals surface area (Å²) in [6, 6.07) is 5.76. The Bertz CT molecular complexity index is 1540. The van der Waals surface area contributed by atoms with Gasteiger partial charge in [0.25, 0.3) is 16.6 Å². The van der Waals surface area contributed by atoms with Crippen molar-refractivity contribution in [2.75, 3.05) is 25.9 Å². The van der Waals surface area contributed by atoms with Crippen LogP contribution in [-0.4, -0.2) is 51.3 Å². The zero-order valence-corrected chi connectivity index (χ0v) is 24.3. The highest BCUT2D eigenvalue weighted by Crippen LogP contribution is 2.35. The van der Waals surface area contributed by atoms with Crippen molar-refractivity contribution < 1.29 is 21.8 Å². The Labute approximate surface area is 230 Å². The molecular weight excluding hydrogens is 565 g/mol. The van der Waals surface area contributed by atoms with Gasteiger partial charge in [0.1, 0.15) is 19.6 Å². The second-order valence-corrected chi connectivity index (χ2v) is 12.3. The lowest BCUT2D eigenvalue weighted by molar-refractivity contribution is -0.627. The Hall–Kier alpha value is -1.50. The summed E-state index contributed by atoms with van der Waals surface area (Å²) in [5, 5.41) is 3.09. The first-order valence-electron chi connectivity index (χ1n) is 10.8. The fraction of sp³-hybridized carbons (Fsp3) is 0.364. The van der Waals surface area contributed by atoms with E-state index in [4.69, 9.17) is 16.6 Å². The lowest BCUT2D eigenvalue weighted by Crippen LogP contribution is -3.00. The number of thiazole rings is 2. The van der Waals surface area contributed by atoms with Gasteiger partial charge in [-0.05, 0) is 60.1 Å². The van der Waals surface area contributed by atoms with Crippen LogP contribution in [0.25, 0.3) is 20.2 Å². The summed E-state index contributed by atoms with van der Waals surface area (Å²) in [6.45, 7) is 5.81. The minimum Gasteiger partial charge on any atom is -1.00 e. The first-order chi connectivity index (χ1) is 16.3. The molecule has 5 rings (SSSR count). The topological polar surface area (TPSA) is 61.8 Å². The number of carbonyl (C=O) groups excluding carboxylic acids is 1. The highest BCUT2D eigenvalue weighted by molar-refractivity contribution is 8.23. The maximum Gasteiger partial charge on any atom is 0.385 e. The third kappa shape index (κ3) is 4.55. The number of aliphatic imine (C=N–C) groups is 1. The van der Waals surface area contributed by atoms with Crippen LogP contribution in [0.2, 0.25) is 5.02 Å². The number of fused-ring (bicyclic) bond motifs is 1. The van der Waals surface area contributed by atoms with Gasteiger partial charge in [0.05, 0.1) is 16.8 Å². The van der Waals surface area contributed by atoms with Crippen LogP contribution in [-0.2, 0) is 18.4 Å². The van der Waals surface area contributed by atoms with Crippen LogP contribution in [0.3, 0.4) is 0 Å².